The number of rotatable bonds is 6. The number of thiocarbonyl (C=S) groups is 1. The number of hydrogen-bond donors (Lipinski definition) is 0. The molecular weight excluding hydrogens is 1300 g/mol. The maximum atomic E-state index is 14.1. The Morgan fingerprint density at radius 1 is 0.484 bits per heavy atom. The Morgan fingerprint density at radius 2 is 0.967 bits per heavy atom. The normalized spacial score (nSPS) is 21.5. The molecule has 2 saturated carbocycles. The standard InChI is InChI=1S/C28H26NO4PS.C23H21NO4P2S.C17H9N2O3PS2/c30-25-19-17-13-7-8-14-18(17)20-22-21(19)23(26(31)29(25)15-9-3-1-4-10-15)35-24(22)28(33)34(27(20)32)16-11-5-2-6-12-16;1-10(2)8-29-20(25)13-12-6-5-7-24-17(12)16-15-14(13)18(22(29)27)31-19(15)23(28)30(21(16)26)9-11(3)4;1-19-14(20)12-10-8(15(19)24)7-5-18-4-3-6(7)9-11(10)13(25-12)17(22)23(2)16(9)21/h7-8,13-16H,1-6,9-12H2;5-7,10-11H,8-9H2,1-4H3;3-5H,1-2H3. The van der Waals surface area contributed by atoms with E-state index in [1.165, 1.54) is 43.8 Å². The van der Waals surface area contributed by atoms with E-state index in [2.05, 4.69) is 9.97 Å². The number of thiophene rings is 3. The van der Waals surface area contributed by atoms with E-state index in [9.17, 15) is 52.7 Å². The number of hydrogen-bond acceptors (Lipinski definition) is 17. The van der Waals surface area contributed by atoms with Crippen molar-refractivity contribution < 1.29 is 52.7 Å². The lowest BCUT2D eigenvalue weighted by atomic mass is 9.87. The zero-order valence-corrected chi connectivity index (χ0v) is 57.1. The smallest absolute Gasteiger partial charge is 0.271 e. The molecule has 2 aliphatic carbocycles. The molecular formula is C68H56N4O11P4S4. The summed E-state index contributed by atoms with van der Waals surface area (Å²) in [5.41, 5.74) is 2.85. The Labute approximate surface area is 543 Å². The first-order valence-corrected chi connectivity index (χ1v) is 39.7. The van der Waals surface area contributed by atoms with Gasteiger partial charge in [0, 0.05) is 129 Å². The van der Waals surface area contributed by atoms with E-state index in [1.807, 2.05) is 58.0 Å². The van der Waals surface area contributed by atoms with Gasteiger partial charge in [-0.1, -0.05) is 109 Å². The number of amides is 3. The van der Waals surface area contributed by atoms with Gasteiger partial charge in [-0.05, 0) is 90.5 Å². The van der Waals surface area contributed by atoms with Crippen LogP contribution in [-0.4, -0.2) is 124 Å². The number of imide groups is 1. The van der Waals surface area contributed by atoms with Gasteiger partial charge in [-0.15, -0.1) is 34.0 Å². The molecule has 5 aromatic heterocycles. The Balaban J connectivity index is 0.000000115. The molecule has 23 heteroatoms. The third-order valence-electron chi connectivity index (χ3n) is 18.9. The molecule has 9 aromatic rings. The first kappa shape index (κ1) is 60.8. The molecule has 0 N–H and O–H groups in total. The van der Waals surface area contributed by atoms with Crippen molar-refractivity contribution in [2.75, 3.05) is 26.0 Å². The number of benzene rings is 4. The molecule has 2 fully saturated rings. The monoisotopic (exact) mass is 1360 g/mol. The van der Waals surface area contributed by atoms with Gasteiger partial charge >= 0.3 is 0 Å². The molecule has 6 aliphatic heterocycles. The van der Waals surface area contributed by atoms with E-state index < -0.39 is 31.7 Å². The minimum atomic E-state index is -1.55. The number of fused-ring (bicyclic) bond motifs is 9. The Bertz CT molecular complexity index is 4700. The largest absolute Gasteiger partial charge is 0.301 e. The molecule has 0 saturated heterocycles. The average Bonchev–Trinajstić information content (AvgIpc) is 1.62. The highest BCUT2D eigenvalue weighted by atomic mass is 32.1. The van der Waals surface area contributed by atoms with Crippen molar-refractivity contribution in [1.29, 1.82) is 0 Å². The predicted octanol–water partition coefficient (Wildman–Crippen LogP) is 17.0. The van der Waals surface area contributed by atoms with Crippen LogP contribution in [0.25, 0.3) is 64.8 Å². The number of aromatic nitrogens is 2. The van der Waals surface area contributed by atoms with Gasteiger partial charge in [0.05, 0.1) is 36.2 Å². The summed E-state index contributed by atoms with van der Waals surface area (Å²) < 4.78 is 0. The lowest BCUT2D eigenvalue weighted by Gasteiger charge is -2.35. The topological polar surface area (TPSA) is 220 Å². The molecule has 91 heavy (non-hydrogen) atoms. The summed E-state index contributed by atoms with van der Waals surface area (Å²) in [6, 6.07) is 12.9. The SMILES string of the molecule is CC(C)CP1C(=O)c2sc3c4c(c5ncccc5c(c24)C1=O)C(=O)P(CC(C)C)C3=O.CN1C(=O)c2sc3c4c(c5ccncc5c(c24)C1=S)C(=O)P(C)C3=O.O=C1c2sc3c4c(c5ccccc5c(c24)C(=O)N1C1CCCCC1)C(=O)P(C1CCCCC1)C3=O. The van der Waals surface area contributed by atoms with Crippen LogP contribution >= 0.6 is 77.9 Å². The highest BCUT2D eigenvalue weighted by molar-refractivity contribution is 7.93. The van der Waals surface area contributed by atoms with E-state index in [1.54, 1.807) is 44.4 Å². The molecule has 11 heterocycles. The molecule has 4 atom stereocenters. The van der Waals surface area contributed by atoms with Crippen LogP contribution in [0, 0.1) is 11.8 Å². The predicted molar refractivity (Wildman–Crippen MR) is 369 cm³/mol. The van der Waals surface area contributed by atoms with Gasteiger partial charge in [0.2, 0.25) is 22.1 Å². The molecule has 3 amide bonds. The Hall–Kier alpha value is -6.38. The van der Waals surface area contributed by atoms with Gasteiger partial charge in [0.25, 0.3) is 17.7 Å². The van der Waals surface area contributed by atoms with Crippen molar-refractivity contribution in [1.82, 2.24) is 19.8 Å². The fourth-order valence-corrected chi connectivity index (χ4v) is 28.2. The van der Waals surface area contributed by atoms with Crippen LogP contribution in [0.15, 0.2) is 61.1 Å². The molecule has 0 radical (unpaired) electrons. The molecule has 4 aromatic carbocycles. The van der Waals surface area contributed by atoms with Crippen LogP contribution in [0.1, 0.15) is 207 Å². The number of carbonyl (C=O) groups is 11. The van der Waals surface area contributed by atoms with Crippen molar-refractivity contribution in [2.24, 2.45) is 11.8 Å². The van der Waals surface area contributed by atoms with Crippen LogP contribution in [0.3, 0.4) is 0 Å². The quantitative estimate of drug-likeness (QED) is 0.0859. The van der Waals surface area contributed by atoms with Crippen LogP contribution < -0.4 is 0 Å². The number of nitrogens with zero attached hydrogens (tertiary/aromatic N) is 4. The average molecular weight is 1360 g/mol. The Kier molecular flexibility index (Phi) is 15.2. The summed E-state index contributed by atoms with van der Waals surface area (Å²) in [5.74, 6) is -0.360. The highest BCUT2D eigenvalue weighted by Gasteiger charge is 2.51. The number of pyridine rings is 2. The third-order valence-corrected chi connectivity index (χ3v) is 32.8. The van der Waals surface area contributed by atoms with Gasteiger partial charge in [-0.25, -0.2) is 0 Å². The molecule has 458 valence electrons. The fraction of sp³-hybridized carbons (Fsp3) is 0.324. The van der Waals surface area contributed by atoms with Gasteiger partial charge in [-0.2, -0.15) is 0 Å². The van der Waals surface area contributed by atoms with E-state index in [-0.39, 0.29) is 85.5 Å². The Morgan fingerprint density at radius 3 is 1.59 bits per heavy atom. The van der Waals surface area contributed by atoms with E-state index in [0.29, 0.717) is 118 Å². The van der Waals surface area contributed by atoms with Crippen molar-refractivity contribution in [3.05, 3.63) is 124 Å². The zero-order chi connectivity index (χ0) is 63.6. The highest BCUT2D eigenvalue weighted by Crippen LogP contribution is 2.63. The lowest BCUT2D eigenvalue weighted by molar-refractivity contribution is 0.0505. The van der Waals surface area contributed by atoms with E-state index in [0.717, 1.165) is 91.3 Å². The van der Waals surface area contributed by atoms with E-state index >= 15 is 0 Å². The summed E-state index contributed by atoms with van der Waals surface area (Å²) in [4.78, 5) is 163. The number of carbonyl (C=O) groups excluding carboxylic acids is 11. The molecule has 8 aliphatic rings. The fourth-order valence-electron chi connectivity index (χ4n) is 14.8. The van der Waals surface area contributed by atoms with Crippen LogP contribution in [0.2, 0.25) is 0 Å². The second kappa shape index (κ2) is 22.7. The van der Waals surface area contributed by atoms with Gasteiger partial charge in [-0.3, -0.25) is 67.6 Å². The molecule has 17 rings (SSSR count). The maximum Gasteiger partial charge on any atom is 0.271 e. The van der Waals surface area contributed by atoms with Gasteiger partial charge in [0.1, 0.15) is 14.7 Å². The molecule has 4 unspecified atom stereocenters. The molecule has 0 bridgehead atoms. The second-order valence-corrected chi connectivity index (χ2v) is 37.0. The van der Waals surface area contributed by atoms with Gasteiger partial charge in [0.15, 0.2) is 22.1 Å². The maximum absolute atomic E-state index is 14.1. The molecule has 0 spiro atoms. The summed E-state index contributed by atoms with van der Waals surface area (Å²) in [5, 5.41) is 7.04. The first-order chi connectivity index (χ1) is 43.7. The minimum absolute atomic E-state index is 0.0499. The van der Waals surface area contributed by atoms with Crippen molar-refractivity contribution in [3.8, 4) is 0 Å². The summed E-state index contributed by atoms with van der Waals surface area (Å²) in [7, 11) is -4.42. The van der Waals surface area contributed by atoms with Crippen molar-refractivity contribution in [2.45, 2.75) is 104 Å². The zero-order valence-electron chi connectivity index (χ0n) is 50.3. The van der Waals surface area contributed by atoms with Crippen molar-refractivity contribution in [3.63, 3.8) is 0 Å². The van der Waals surface area contributed by atoms with E-state index in [4.69, 9.17) is 12.2 Å². The first-order valence-electron chi connectivity index (χ1n) is 30.6. The summed E-state index contributed by atoms with van der Waals surface area (Å²) >= 11 is 9.15. The van der Waals surface area contributed by atoms with Crippen molar-refractivity contribution >= 4 is 210 Å². The van der Waals surface area contributed by atoms with Crippen LogP contribution in [-0.2, 0) is 0 Å². The summed E-state index contributed by atoms with van der Waals surface area (Å²) in [6.07, 6.45) is 15.9. The third kappa shape index (κ3) is 8.87. The van der Waals surface area contributed by atoms with Crippen LogP contribution in [0.4, 0.5) is 0 Å². The second-order valence-electron chi connectivity index (χ2n) is 25.3. The minimum Gasteiger partial charge on any atom is -0.301 e. The van der Waals surface area contributed by atoms with Crippen LogP contribution in [0.5, 0.6) is 0 Å². The summed E-state index contributed by atoms with van der Waals surface area (Å²) in [6.45, 7) is 9.71. The van der Waals surface area contributed by atoms with Gasteiger partial charge < -0.3 is 4.90 Å². The molecule has 15 nitrogen and oxygen atoms in total. The lowest BCUT2D eigenvalue weighted by Crippen LogP contribution is -2.47.